The van der Waals surface area contributed by atoms with Crippen molar-refractivity contribution in [2.75, 3.05) is 6.54 Å². The summed E-state index contributed by atoms with van der Waals surface area (Å²) in [7, 11) is 0. The van der Waals surface area contributed by atoms with Gasteiger partial charge in [0, 0.05) is 12.5 Å². The van der Waals surface area contributed by atoms with Gasteiger partial charge in [-0.2, -0.15) is 0 Å². The zero-order valence-electron chi connectivity index (χ0n) is 10.9. The molecule has 1 aromatic carbocycles. The van der Waals surface area contributed by atoms with Gasteiger partial charge in [0.05, 0.1) is 11.4 Å². The van der Waals surface area contributed by atoms with Gasteiger partial charge in [0.1, 0.15) is 5.82 Å². The number of benzene rings is 1. The molecule has 5 nitrogen and oxygen atoms in total. The predicted octanol–water partition coefficient (Wildman–Crippen LogP) is 1.30. The van der Waals surface area contributed by atoms with E-state index in [1.54, 1.807) is 0 Å². The van der Waals surface area contributed by atoms with Crippen molar-refractivity contribution >= 4 is 0 Å². The number of aromatic nitrogens is 2. The quantitative estimate of drug-likeness (QED) is 0.792. The van der Waals surface area contributed by atoms with Crippen LogP contribution in [0.2, 0.25) is 0 Å². The number of aromatic amines is 1. The molecule has 1 unspecified atom stereocenters. The van der Waals surface area contributed by atoms with E-state index in [-0.39, 0.29) is 17.7 Å². The van der Waals surface area contributed by atoms with Crippen LogP contribution in [-0.2, 0) is 6.42 Å². The van der Waals surface area contributed by atoms with Gasteiger partial charge in [-0.3, -0.25) is 0 Å². The molecule has 1 aromatic heterocycles. The SMILES string of the molecule is O=c1[nH]c(CC2CCCN2)c(O)n1-c1ccc(F)cc1. The maximum absolute atomic E-state index is 12.9. The second-order valence-electron chi connectivity index (χ2n) is 5.04. The van der Waals surface area contributed by atoms with Crippen molar-refractivity contribution in [3.8, 4) is 11.6 Å². The standard InChI is InChI=1S/C14H16FN3O2/c15-9-3-5-11(6-4-9)18-13(19)12(17-14(18)20)8-10-2-1-7-16-10/h3-6,10,16,19H,1-2,7-8H2,(H,17,20). The first-order valence-electron chi connectivity index (χ1n) is 6.67. The number of hydrogen-bond donors (Lipinski definition) is 3. The molecule has 0 bridgehead atoms. The highest BCUT2D eigenvalue weighted by molar-refractivity contribution is 5.38. The van der Waals surface area contributed by atoms with Gasteiger partial charge in [0.25, 0.3) is 0 Å². The zero-order chi connectivity index (χ0) is 14.1. The van der Waals surface area contributed by atoms with Gasteiger partial charge in [-0.1, -0.05) is 0 Å². The number of halogens is 1. The Morgan fingerprint density at radius 3 is 2.75 bits per heavy atom. The van der Waals surface area contributed by atoms with Gasteiger partial charge in [-0.15, -0.1) is 0 Å². The van der Waals surface area contributed by atoms with Crippen LogP contribution in [0, 0.1) is 5.82 Å². The number of hydrogen-bond acceptors (Lipinski definition) is 3. The molecule has 1 aliphatic rings. The van der Waals surface area contributed by atoms with E-state index in [0.29, 0.717) is 17.8 Å². The summed E-state index contributed by atoms with van der Waals surface area (Å²) in [5.41, 5.74) is 0.539. The van der Waals surface area contributed by atoms with Crippen LogP contribution in [0.25, 0.3) is 5.69 Å². The Kier molecular flexibility index (Phi) is 3.31. The summed E-state index contributed by atoms with van der Waals surface area (Å²) >= 11 is 0. The molecule has 6 heteroatoms. The summed E-state index contributed by atoms with van der Waals surface area (Å²) in [6.07, 6.45) is 2.72. The van der Waals surface area contributed by atoms with Gasteiger partial charge in [-0.05, 0) is 43.7 Å². The highest BCUT2D eigenvalue weighted by Crippen LogP contribution is 2.21. The molecule has 2 aromatic rings. The minimum atomic E-state index is -0.415. The van der Waals surface area contributed by atoms with Crippen LogP contribution in [0.4, 0.5) is 4.39 Å². The van der Waals surface area contributed by atoms with E-state index in [1.165, 1.54) is 24.3 Å². The Bertz CT molecular complexity index is 654. The van der Waals surface area contributed by atoms with Crippen LogP contribution in [0.1, 0.15) is 18.5 Å². The minimum absolute atomic E-state index is 0.102. The Morgan fingerprint density at radius 2 is 2.10 bits per heavy atom. The van der Waals surface area contributed by atoms with Gasteiger partial charge >= 0.3 is 5.69 Å². The molecule has 1 fully saturated rings. The fraction of sp³-hybridized carbons (Fsp3) is 0.357. The molecule has 0 saturated carbocycles. The van der Waals surface area contributed by atoms with E-state index in [1.807, 2.05) is 0 Å². The first-order valence-corrected chi connectivity index (χ1v) is 6.67. The number of H-pyrrole nitrogens is 1. The second-order valence-corrected chi connectivity index (χ2v) is 5.04. The largest absolute Gasteiger partial charge is 0.493 e. The van der Waals surface area contributed by atoms with E-state index in [4.69, 9.17) is 0 Å². The van der Waals surface area contributed by atoms with Crippen molar-refractivity contribution in [3.05, 3.63) is 46.3 Å². The Balaban J connectivity index is 1.93. The maximum Gasteiger partial charge on any atom is 0.333 e. The topological polar surface area (TPSA) is 70.1 Å². The fourth-order valence-corrected chi connectivity index (χ4v) is 2.62. The predicted molar refractivity (Wildman–Crippen MR) is 72.7 cm³/mol. The van der Waals surface area contributed by atoms with Crippen LogP contribution in [0.5, 0.6) is 5.88 Å². The molecular formula is C14H16FN3O2. The number of nitrogens with zero attached hydrogens (tertiary/aromatic N) is 1. The monoisotopic (exact) mass is 277 g/mol. The first kappa shape index (κ1) is 12.9. The van der Waals surface area contributed by atoms with Gasteiger partial charge in [0.2, 0.25) is 5.88 Å². The van der Waals surface area contributed by atoms with E-state index in [2.05, 4.69) is 10.3 Å². The molecular weight excluding hydrogens is 261 g/mol. The van der Waals surface area contributed by atoms with Gasteiger partial charge < -0.3 is 15.4 Å². The van der Waals surface area contributed by atoms with E-state index < -0.39 is 5.69 Å². The number of imidazole rings is 1. The minimum Gasteiger partial charge on any atom is -0.493 e. The number of aromatic hydroxyl groups is 1. The maximum atomic E-state index is 12.9. The van der Waals surface area contributed by atoms with Gasteiger partial charge in [0.15, 0.2) is 0 Å². The summed E-state index contributed by atoms with van der Waals surface area (Å²) in [4.78, 5) is 14.6. The van der Waals surface area contributed by atoms with Crippen molar-refractivity contribution < 1.29 is 9.50 Å². The summed E-state index contributed by atoms with van der Waals surface area (Å²) < 4.78 is 14.1. The Labute approximate surface area is 115 Å². The van der Waals surface area contributed by atoms with Crippen LogP contribution in [0.15, 0.2) is 29.1 Å². The summed E-state index contributed by atoms with van der Waals surface area (Å²) in [5.74, 6) is -0.484. The lowest BCUT2D eigenvalue weighted by molar-refractivity contribution is 0.429. The van der Waals surface area contributed by atoms with Crippen molar-refractivity contribution in [2.24, 2.45) is 0 Å². The molecule has 106 valence electrons. The Hall–Kier alpha value is -2.08. The smallest absolute Gasteiger partial charge is 0.333 e. The third-order valence-corrected chi connectivity index (χ3v) is 3.64. The summed E-state index contributed by atoms with van der Waals surface area (Å²) in [6, 6.07) is 5.71. The molecule has 0 amide bonds. The van der Waals surface area contributed by atoms with Gasteiger partial charge in [-0.25, -0.2) is 13.8 Å². The lowest BCUT2D eigenvalue weighted by Gasteiger charge is -2.08. The van der Waals surface area contributed by atoms with Crippen LogP contribution in [-0.4, -0.2) is 27.2 Å². The average Bonchev–Trinajstić information content (AvgIpc) is 3.02. The van der Waals surface area contributed by atoms with E-state index >= 15 is 0 Å². The lowest BCUT2D eigenvalue weighted by Crippen LogP contribution is -2.24. The van der Waals surface area contributed by atoms with E-state index in [9.17, 15) is 14.3 Å². The zero-order valence-corrected chi connectivity index (χ0v) is 10.9. The lowest BCUT2D eigenvalue weighted by atomic mass is 10.1. The molecule has 0 radical (unpaired) electrons. The molecule has 0 spiro atoms. The molecule has 1 saturated heterocycles. The summed E-state index contributed by atoms with van der Waals surface area (Å²) in [6.45, 7) is 0.967. The third-order valence-electron chi connectivity index (χ3n) is 3.64. The number of nitrogens with one attached hydrogen (secondary N) is 2. The first-order chi connectivity index (χ1) is 9.65. The van der Waals surface area contributed by atoms with Crippen molar-refractivity contribution in [3.63, 3.8) is 0 Å². The van der Waals surface area contributed by atoms with Crippen LogP contribution < -0.4 is 11.0 Å². The summed E-state index contributed by atoms with van der Waals surface area (Å²) in [5, 5.41) is 13.5. The highest BCUT2D eigenvalue weighted by atomic mass is 19.1. The Morgan fingerprint density at radius 1 is 1.35 bits per heavy atom. The highest BCUT2D eigenvalue weighted by Gasteiger charge is 2.20. The second kappa shape index (κ2) is 5.13. The van der Waals surface area contributed by atoms with Crippen LogP contribution >= 0.6 is 0 Å². The third kappa shape index (κ3) is 2.34. The molecule has 20 heavy (non-hydrogen) atoms. The average molecular weight is 277 g/mol. The fourth-order valence-electron chi connectivity index (χ4n) is 2.62. The number of rotatable bonds is 3. The molecule has 2 heterocycles. The normalized spacial score (nSPS) is 18.6. The molecule has 3 rings (SSSR count). The van der Waals surface area contributed by atoms with E-state index in [0.717, 1.165) is 24.0 Å². The molecule has 1 aliphatic heterocycles. The van der Waals surface area contributed by atoms with Crippen molar-refractivity contribution in [2.45, 2.75) is 25.3 Å². The molecule has 0 aliphatic carbocycles. The van der Waals surface area contributed by atoms with Crippen LogP contribution in [0.3, 0.4) is 0 Å². The van der Waals surface area contributed by atoms with Crippen molar-refractivity contribution in [1.29, 1.82) is 0 Å². The molecule has 1 atom stereocenters. The van der Waals surface area contributed by atoms with Crippen molar-refractivity contribution in [1.82, 2.24) is 14.9 Å². The molecule has 3 N–H and O–H groups in total.